The van der Waals surface area contributed by atoms with E-state index in [4.69, 9.17) is 9.05 Å². The molecular formula is C70H130N2O6P+. The van der Waals surface area contributed by atoms with Gasteiger partial charge in [0.25, 0.3) is 0 Å². The summed E-state index contributed by atoms with van der Waals surface area (Å²) >= 11 is 0. The topological polar surface area (TPSA) is 105 Å². The van der Waals surface area contributed by atoms with E-state index in [1.807, 2.05) is 27.2 Å². The van der Waals surface area contributed by atoms with Crippen LogP contribution >= 0.6 is 7.82 Å². The highest BCUT2D eigenvalue weighted by Gasteiger charge is 2.28. The summed E-state index contributed by atoms with van der Waals surface area (Å²) in [6.07, 6.45) is 85.9. The Morgan fingerprint density at radius 3 is 1.16 bits per heavy atom. The van der Waals surface area contributed by atoms with Crippen molar-refractivity contribution in [3.63, 3.8) is 0 Å². The lowest BCUT2D eigenvalue weighted by Crippen LogP contribution is -2.45. The van der Waals surface area contributed by atoms with Gasteiger partial charge in [-0.05, 0) is 83.5 Å². The van der Waals surface area contributed by atoms with E-state index in [0.29, 0.717) is 17.4 Å². The van der Waals surface area contributed by atoms with Crippen molar-refractivity contribution in [3.05, 3.63) is 85.1 Å². The number of hydrogen-bond donors (Lipinski definition) is 3. The van der Waals surface area contributed by atoms with Crippen molar-refractivity contribution in [3.8, 4) is 0 Å². The van der Waals surface area contributed by atoms with Crippen LogP contribution in [0.5, 0.6) is 0 Å². The summed E-state index contributed by atoms with van der Waals surface area (Å²) in [5.41, 5.74) is 0. The van der Waals surface area contributed by atoms with E-state index in [1.54, 1.807) is 6.08 Å². The molecule has 0 bridgehead atoms. The first kappa shape index (κ1) is 76.7. The largest absolute Gasteiger partial charge is 0.472 e. The minimum absolute atomic E-state index is 0.0525. The minimum Gasteiger partial charge on any atom is -0.387 e. The second-order valence-corrected chi connectivity index (χ2v) is 25.3. The van der Waals surface area contributed by atoms with Gasteiger partial charge in [0.15, 0.2) is 0 Å². The average molecular weight is 1130 g/mol. The molecule has 3 atom stereocenters. The number of phosphoric acid groups is 1. The van der Waals surface area contributed by atoms with E-state index in [9.17, 15) is 19.4 Å². The molecule has 0 aliphatic heterocycles. The summed E-state index contributed by atoms with van der Waals surface area (Å²) in [4.78, 5) is 23.4. The number of carbonyl (C=O) groups is 1. The van der Waals surface area contributed by atoms with E-state index < -0.39 is 20.0 Å². The summed E-state index contributed by atoms with van der Waals surface area (Å²) in [5, 5.41) is 14.0. The van der Waals surface area contributed by atoms with Gasteiger partial charge in [0.05, 0.1) is 39.9 Å². The summed E-state index contributed by atoms with van der Waals surface area (Å²) in [6, 6.07) is -0.873. The number of unbranched alkanes of at least 4 members (excludes halogenated alkanes) is 36. The van der Waals surface area contributed by atoms with Crippen molar-refractivity contribution in [2.24, 2.45) is 0 Å². The zero-order valence-corrected chi connectivity index (χ0v) is 53.5. The van der Waals surface area contributed by atoms with E-state index in [0.717, 1.165) is 70.6 Å². The van der Waals surface area contributed by atoms with Gasteiger partial charge in [0.2, 0.25) is 5.91 Å². The molecule has 0 saturated carbocycles. The first-order chi connectivity index (χ1) is 38.5. The normalized spacial score (nSPS) is 14.3. The van der Waals surface area contributed by atoms with Crippen LogP contribution in [0, 0.1) is 0 Å². The van der Waals surface area contributed by atoms with Crippen LogP contribution < -0.4 is 5.32 Å². The minimum atomic E-state index is -4.37. The Kier molecular flexibility index (Phi) is 58.5. The van der Waals surface area contributed by atoms with Gasteiger partial charge in [-0.1, -0.05) is 298 Å². The van der Waals surface area contributed by atoms with Crippen molar-refractivity contribution in [2.75, 3.05) is 40.9 Å². The number of nitrogens with one attached hydrogen (secondary N) is 1. The van der Waals surface area contributed by atoms with Crippen LogP contribution in [0.15, 0.2) is 85.1 Å². The average Bonchev–Trinajstić information content (AvgIpc) is 3.42. The molecule has 0 fully saturated rings. The van der Waals surface area contributed by atoms with Gasteiger partial charge in [0.1, 0.15) is 13.2 Å². The number of likely N-dealkylation sites (N-methyl/N-ethyl adjacent to an activating group) is 1. The molecule has 0 radical (unpaired) electrons. The molecule has 0 heterocycles. The number of phosphoric ester groups is 1. The molecule has 3 N–H and O–H groups in total. The molecule has 0 saturated heterocycles. The maximum Gasteiger partial charge on any atom is 0.472 e. The quantitative estimate of drug-likeness (QED) is 0.0243. The number of rotatable bonds is 61. The van der Waals surface area contributed by atoms with Crippen molar-refractivity contribution in [1.29, 1.82) is 0 Å². The summed E-state index contributed by atoms with van der Waals surface area (Å²) in [7, 11) is 1.55. The van der Waals surface area contributed by atoms with Crippen LogP contribution in [0.4, 0.5) is 0 Å². The molecule has 0 aromatic carbocycles. The zero-order chi connectivity index (χ0) is 57.7. The maximum absolute atomic E-state index is 13.0. The Morgan fingerprint density at radius 1 is 0.443 bits per heavy atom. The molecule has 0 aromatic heterocycles. The molecule has 79 heavy (non-hydrogen) atoms. The summed E-state index contributed by atoms with van der Waals surface area (Å²) < 4.78 is 23.8. The highest BCUT2D eigenvalue weighted by Crippen LogP contribution is 2.43. The lowest BCUT2D eigenvalue weighted by Gasteiger charge is -2.25. The number of amides is 1. The number of aliphatic hydroxyl groups is 1. The molecule has 0 rings (SSSR count). The van der Waals surface area contributed by atoms with Gasteiger partial charge in [-0.2, -0.15) is 0 Å². The molecule has 0 aliphatic carbocycles. The molecule has 0 aromatic rings. The first-order valence-corrected chi connectivity index (χ1v) is 35.0. The number of nitrogens with zero attached hydrogens (tertiary/aromatic N) is 1. The highest BCUT2D eigenvalue weighted by atomic mass is 31.2. The van der Waals surface area contributed by atoms with Crippen LogP contribution in [0.2, 0.25) is 0 Å². The standard InChI is InChI=1S/C70H129N2O6P/c1-6-8-10-12-14-16-18-20-22-24-26-28-30-31-32-33-34-35-36-37-38-39-40-41-42-44-46-48-50-52-54-56-58-60-62-64-70(74)71-68(67-78-79(75,76)77-66-65-72(3,4)5)69(73)63-61-59-57-55-53-51-49-47-45-43-29-27-25-23-21-19-17-15-13-11-9-7-2/h8,10,14,16,20,22,26,28,45,47,53,55,61,63,68-69,73H,6-7,9,11-13,15,17-19,21,23-25,27,29-44,46,48-52,54,56-60,62,64-67H2,1-5H3,(H-,71,74,75,76)/p+1/b10-8-,16-14-,22-20-,28-26-,47-45+,55-53+,63-61+. The van der Waals surface area contributed by atoms with Gasteiger partial charge < -0.3 is 19.8 Å². The fourth-order valence-corrected chi connectivity index (χ4v) is 10.4. The van der Waals surface area contributed by atoms with Crippen molar-refractivity contribution >= 4 is 13.7 Å². The Labute approximate surface area is 490 Å². The maximum atomic E-state index is 13.0. The van der Waals surface area contributed by atoms with E-state index >= 15 is 0 Å². The smallest absolute Gasteiger partial charge is 0.387 e. The van der Waals surface area contributed by atoms with Gasteiger partial charge >= 0.3 is 7.82 Å². The van der Waals surface area contributed by atoms with Crippen molar-refractivity contribution in [2.45, 2.75) is 315 Å². The van der Waals surface area contributed by atoms with Gasteiger partial charge in [-0.25, -0.2) is 4.57 Å². The Balaban J connectivity index is 4.08. The molecule has 3 unspecified atom stereocenters. The number of carbonyl (C=O) groups excluding carboxylic acids is 1. The lowest BCUT2D eigenvalue weighted by atomic mass is 10.0. The molecular weight excluding hydrogens is 996 g/mol. The predicted octanol–water partition coefficient (Wildman–Crippen LogP) is 21.2. The third kappa shape index (κ3) is 63.1. The predicted molar refractivity (Wildman–Crippen MR) is 346 cm³/mol. The lowest BCUT2D eigenvalue weighted by molar-refractivity contribution is -0.870. The van der Waals surface area contributed by atoms with Crippen LogP contribution in [0.25, 0.3) is 0 Å². The second kappa shape index (κ2) is 60.3. The fraction of sp³-hybridized carbons (Fsp3) is 0.786. The van der Waals surface area contributed by atoms with Gasteiger partial charge in [-0.15, -0.1) is 0 Å². The molecule has 9 heteroatoms. The Morgan fingerprint density at radius 2 is 0.772 bits per heavy atom. The SMILES string of the molecule is CC/C=C\C/C=C\C/C=C\C/C=C\CCCCCCCCCCCCCCCCCCCCCCCCC(=O)NC(COP(=O)(O)OCC[N+](C)(C)C)C(O)/C=C/CC/C=C/CC/C=C/CCCCCCCCCCCCCC. The van der Waals surface area contributed by atoms with E-state index in [2.05, 4.69) is 92.1 Å². The third-order valence-corrected chi connectivity index (χ3v) is 15.8. The first-order valence-electron chi connectivity index (χ1n) is 33.5. The number of allylic oxidation sites excluding steroid dienone is 13. The molecule has 1 amide bonds. The van der Waals surface area contributed by atoms with Crippen molar-refractivity contribution in [1.82, 2.24) is 5.32 Å². The number of quaternary nitrogens is 1. The van der Waals surface area contributed by atoms with Crippen molar-refractivity contribution < 1.29 is 32.9 Å². The molecule has 0 aliphatic rings. The van der Waals surface area contributed by atoms with Crippen LogP contribution in [0.1, 0.15) is 303 Å². The fourth-order valence-electron chi connectivity index (χ4n) is 9.66. The van der Waals surface area contributed by atoms with Gasteiger partial charge in [-0.3, -0.25) is 13.8 Å². The molecule has 0 spiro atoms. The third-order valence-electron chi connectivity index (χ3n) is 14.8. The van der Waals surface area contributed by atoms with Crippen LogP contribution in [-0.4, -0.2) is 73.4 Å². The van der Waals surface area contributed by atoms with E-state index in [-0.39, 0.29) is 19.1 Å². The second-order valence-electron chi connectivity index (χ2n) is 23.8. The Hall–Kier alpha value is -2.32. The number of hydrogen-bond acceptors (Lipinski definition) is 5. The highest BCUT2D eigenvalue weighted by molar-refractivity contribution is 7.47. The monoisotopic (exact) mass is 1130 g/mol. The van der Waals surface area contributed by atoms with E-state index in [1.165, 1.54) is 212 Å². The van der Waals surface area contributed by atoms with Crippen LogP contribution in [0.3, 0.4) is 0 Å². The zero-order valence-electron chi connectivity index (χ0n) is 52.6. The summed E-state index contributed by atoms with van der Waals surface area (Å²) in [5.74, 6) is -0.188. The molecule has 8 nitrogen and oxygen atoms in total. The van der Waals surface area contributed by atoms with Crippen LogP contribution in [-0.2, 0) is 18.4 Å². The Bertz CT molecular complexity index is 1560. The summed E-state index contributed by atoms with van der Waals surface area (Å²) in [6.45, 7) is 4.70. The number of aliphatic hydroxyl groups excluding tert-OH is 1. The molecule has 460 valence electrons. The van der Waals surface area contributed by atoms with Gasteiger partial charge in [0, 0.05) is 6.42 Å².